The summed E-state index contributed by atoms with van der Waals surface area (Å²) in [5.41, 5.74) is 0. The molecular formula is C44H84O14. The van der Waals surface area contributed by atoms with E-state index in [9.17, 15) is 40.5 Å². The molecule has 0 radical (unpaired) electrons. The Hall–Kier alpha value is -1.01. The molecule has 2 aliphatic rings. The number of hydrogen-bond donors (Lipinski definition) is 7. The van der Waals surface area contributed by atoms with E-state index in [2.05, 4.69) is 13.8 Å². The lowest BCUT2D eigenvalue weighted by atomic mass is 9.98. The molecular weight excluding hydrogens is 752 g/mol. The SMILES string of the molecule is CCCCCCCCCCCCCCCCCCCCCCOCC(COC1OC(COC2OC(CO)C(O)C(O)C2O)C(O)C(O)C1O)OC(=O)CCCCCC. The molecule has 0 amide bonds. The number of hydrogen-bond acceptors (Lipinski definition) is 14. The minimum Gasteiger partial charge on any atom is -0.457 e. The van der Waals surface area contributed by atoms with E-state index in [-0.39, 0.29) is 19.6 Å². The van der Waals surface area contributed by atoms with Crippen LogP contribution in [-0.4, -0.2) is 142 Å². The van der Waals surface area contributed by atoms with E-state index in [1.165, 1.54) is 109 Å². The first kappa shape index (κ1) is 53.1. The molecule has 2 heterocycles. The summed E-state index contributed by atoms with van der Waals surface area (Å²) >= 11 is 0. The molecule has 0 aromatic rings. The number of unbranched alkanes of at least 4 members (excludes halogenated alkanes) is 22. The van der Waals surface area contributed by atoms with Crippen molar-refractivity contribution in [3.05, 3.63) is 0 Å². The summed E-state index contributed by atoms with van der Waals surface area (Å²) in [6, 6.07) is 0. The van der Waals surface area contributed by atoms with Crippen LogP contribution in [0, 0.1) is 0 Å². The quantitative estimate of drug-likeness (QED) is 0.0313. The van der Waals surface area contributed by atoms with Gasteiger partial charge < -0.3 is 64.2 Å². The van der Waals surface area contributed by atoms with Gasteiger partial charge in [-0.2, -0.15) is 0 Å². The Morgan fingerprint density at radius 2 is 0.914 bits per heavy atom. The summed E-state index contributed by atoms with van der Waals surface area (Å²) in [4.78, 5) is 12.7. The maximum Gasteiger partial charge on any atom is 0.306 e. The lowest BCUT2D eigenvalue weighted by Crippen LogP contribution is -2.61. The van der Waals surface area contributed by atoms with E-state index in [1.807, 2.05) is 0 Å². The van der Waals surface area contributed by atoms with Gasteiger partial charge in [0.15, 0.2) is 12.6 Å². The van der Waals surface area contributed by atoms with E-state index >= 15 is 0 Å². The summed E-state index contributed by atoms with van der Waals surface area (Å²) in [6.45, 7) is 3.58. The summed E-state index contributed by atoms with van der Waals surface area (Å²) in [5.74, 6) is -0.390. The number of esters is 1. The Bertz CT molecular complexity index is 975. The van der Waals surface area contributed by atoms with Crippen molar-refractivity contribution in [3.8, 4) is 0 Å². The lowest BCUT2D eigenvalue weighted by molar-refractivity contribution is -0.332. The molecule has 0 bridgehead atoms. The van der Waals surface area contributed by atoms with Crippen LogP contribution in [0.1, 0.15) is 174 Å². The fraction of sp³-hybridized carbons (Fsp3) is 0.977. The third-order valence-corrected chi connectivity index (χ3v) is 11.4. The van der Waals surface area contributed by atoms with Crippen LogP contribution in [0.5, 0.6) is 0 Å². The lowest BCUT2D eigenvalue weighted by Gasteiger charge is -2.42. The minimum atomic E-state index is -1.70. The molecule has 0 saturated carbocycles. The van der Waals surface area contributed by atoms with Crippen molar-refractivity contribution in [1.29, 1.82) is 0 Å². The maximum absolute atomic E-state index is 12.7. The van der Waals surface area contributed by atoms with Gasteiger partial charge >= 0.3 is 5.97 Å². The average Bonchev–Trinajstić information content (AvgIpc) is 3.22. The van der Waals surface area contributed by atoms with Crippen LogP contribution in [0.2, 0.25) is 0 Å². The Morgan fingerprint density at radius 1 is 0.500 bits per heavy atom. The Labute approximate surface area is 349 Å². The van der Waals surface area contributed by atoms with E-state index in [0.717, 1.165) is 38.5 Å². The molecule has 344 valence electrons. The predicted octanol–water partition coefficient (Wildman–Crippen LogP) is 5.35. The van der Waals surface area contributed by atoms with Crippen LogP contribution in [0.3, 0.4) is 0 Å². The van der Waals surface area contributed by atoms with Gasteiger partial charge in [-0.05, 0) is 12.8 Å². The molecule has 11 unspecified atom stereocenters. The van der Waals surface area contributed by atoms with Gasteiger partial charge in [0.25, 0.3) is 0 Å². The largest absolute Gasteiger partial charge is 0.457 e. The van der Waals surface area contributed by atoms with Crippen LogP contribution < -0.4 is 0 Å². The van der Waals surface area contributed by atoms with Crippen LogP contribution in [0.15, 0.2) is 0 Å². The molecule has 0 aliphatic carbocycles. The number of carbonyl (C=O) groups excluding carboxylic acids is 1. The van der Waals surface area contributed by atoms with E-state index in [0.29, 0.717) is 13.0 Å². The van der Waals surface area contributed by atoms with Crippen molar-refractivity contribution in [2.75, 3.05) is 33.0 Å². The van der Waals surface area contributed by atoms with Crippen molar-refractivity contribution in [2.24, 2.45) is 0 Å². The first-order chi connectivity index (χ1) is 28.1. The second-order valence-corrected chi connectivity index (χ2v) is 16.6. The second-order valence-electron chi connectivity index (χ2n) is 16.6. The smallest absolute Gasteiger partial charge is 0.306 e. The standard InChI is InChI=1S/C44H84O14/c1-3-5-7-9-10-11-12-13-14-15-16-17-18-19-20-21-22-23-24-26-28-53-30-33(56-36(46)27-25-8-6-4-2)31-54-43-42(52)40(50)38(48)35(58-43)32-55-44-41(51)39(49)37(47)34(29-45)57-44/h33-35,37-45,47-52H,3-32H2,1-2H3. The fourth-order valence-electron chi connectivity index (χ4n) is 7.52. The molecule has 0 aromatic heterocycles. The van der Waals surface area contributed by atoms with Gasteiger partial charge in [-0.25, -0.2) is 0 Å². The van der Waals surface area contributed by atoms with Crippen molar-refractivity contribution in [1.82, 2.24) is 0 Å². The molecule has 14 heteroatoms. The summed E-state index contributed by atoms with van der Waals surface area (Å²) in [5, 5.41) is 71.6. The van der Waals surface area contributed by atoms with Gasteiger partial charge in [-0.15, -0.1) is 0 Å². The average molecular weight is 837 g/mol. The molecule has 2 aliphatic heterocycles. The predicted molar refractivity (Wildman–Crippen MR) is 220 cm³/mol. The Balaban J connectivity index is 1.66. The monoisotopic (exact) mass is 837 g/mol. The number of ether oxygens (including phenoxy) is 6. The summed E-state index contributed by atoms with van der Waals surface area (Å²) in [7, 11) is 0. The number of rotatable bonds is 36. The highest BCUT2D eigenvalue weighted by atomic mass is 16.7. The van der Waals surface area contributed by atoms with Crippen LogP contribution >= 0.6 is 0 Å². The molecule has 2 rings (SSSR count). The van der Waals surface area contributed by atoms with Gasteiger partial charge in [0.2, 0.25) is 0 Å². The number of aliphatic hydroxyl groups excluding tert-OH is 7. The molecule has 7 N–H and O–H groups in total. The van der Waals surface area contributed by atoms with E-state index in [1.54, 1.807) is 0 Å². The number of carbonyl (C=O) groups is 1. The molecule has 58 heavy (non-hydrogen) atoms. The van der Waals surface area contributed by atoms with Gasteiger partial charge in [0, 0.05) is 13.0 Å². The third kappa shape index (κ3) is 22.2. The van der Waals surface area contributed by atoms with Gasteiger partial charge in [-0.1, -0.05) is 155 Å². The zero-order valence-electron chi connectivity index (χ0n) is 36.1. The van der Waals surface area contributed by atoms with Crippen LogP contribution in [-0.2, 0) is 33.2 Å². The first-order valence-corrected chi connectivity index (χ1v) is 23.1. The minimum absolute atomic E-state index is 0.0669. The summed E-state index contributed by atoms with van der Waals surface area (Å²) < 4.78 is 33.9. The molecule has 14 nitrogen and oxygen atoms in total. The number of aliphatic hydroxyl groups is 7. The summed E-state index contributed by atoms with van der Waals surface area (Å²) in [6.07, 6.45) is 14.0. The zero-order chi connectivity index (χ0) is 42.4. The maximum atomic E-state index is 12.7. The van der Waals surface area contributed by atoms with Crippen LogP contribution in [0.4, 0.5) is 0 Å². The first-order valence-electron chi connectivity index (χ1n) is 23.1. The third-order valence-electron chi connectivity index (χ3n) is 11.4. The van der Waals surface area contributed by atoms with Crippen LogP contribution in [0.25, 0.3) is 0 Å². The highest BCUT2D eigenvalue weighted by Gasteiger charge is 2.47. The van der Waals surface area contributed by atoms with Gasteiger partial charge in [0.05, 0.1) is 26.4 Å². The fourth-order valence-corrected chi connectivity index (χ4v) is 7.52. The van der Waals surface area contributed by atoms with E-state index in [4.69, 9.17) is 28.4 Å². The molecule has 0 spiro atoms. The van der Waals surface area contributed by atoms with Gasteiger partial charge in [0.1, 0.15) is 54.9 Å². The normalized spacial score (nSPS) is 28.2. The molecule has 2 saturated heterocycles. The zero-order valence-corrected chi connectivity index (χ0v) is 36.1. The molecule has 11 atom stereocenters. The van der Waals surface area contributed by atoms with Crippen molar-refractivity contribution < 1.29 is 69.0 Å². The Morgan fingerprint density at radius 3 is 1.40 bits per heavy atom. The van der Waals surface area contributed by atoms with Crippen molar-refractivity contribution in [2.45, 2.75) is 242 Å². The van der Waals surface area contributed by atoms with Crippen molar-refractivity contribution >= 4 is 5.97 Å². The van der Waals surface area contributed by atoms with E-state index < -0.39 is 86.7 Å². The van der Waals surface area contributed by atoms with Gasteiger partial charge in [-0.3, -0.25) is 4.79 Å². The second kappa shape index (κ2) is 33.6. The molecule has 0 aromatic carbocycles. The highest BCUT2D eigenvalue weighted by molar-refractivity contribution is 5.69. The topological polar surface area (TPSA) is 214 Å². The van der Waals surface area contributed by atoms with Crippen molar-refractivity contribution in [3.63, 3.8) is 0 Å². The molecule has 2 fully saturated rings. The highest BCUT2D eigenvalue weighted by Crippen LogP contribution is 2.26. The Kier molecular flexibility index (Phi) is 30.8.